The first-order valence-corrected chi connectivity index (χ1v) is 7.20. The van der Waals surface area contributed by atoms with Crippen LogP contribution in [0, 0.1) is 6.92 Å². The number of nitrogens with zero attached hydrogens (tertiary/aromatic N) is 1. The fourth-order valence-electron chi connectivity index (χ4n) is 2.09. The molecule has 2 aromatic rings. The van der Waals surface area contributed by atoms with Crippen molar-refractivity contribution in [2.45, 2.75) is 33.2 Å². The highest BCUT2D eigenvalue weighted by Gasteiger charge is 2.06. The van der Waals surface area contributed by atoms with E-state index in [1.807, 2.05) is 51.2 Å². The second-order valence-corrected chi connectivity index (χ2v) is 5.15. The van der Waals surface area contributed by atoms with E-state index in [0.29, 0.717) is 12.5 Å². The van der Waals surface area contributed by atoms with Gasteiger partial charge in [0.1, 0.15) is 11.5 Å². The van der Waals surface area contributed by atoms with Crippen molar-refractivity contribution in [2.24, 2.45) is 5.73 Å². The summed E-state index contributed by atoms with van der Waals surface area (Å²) in [5.41, 5.74) is 7.93. The normalized spacial score (nSPS) is 12.0. The molecule has 1 unspecified atom stereocenters. The molecule has 1 aromatic carbocycles. The van der Waals surface area contributed by atoms with Crippen molar-refractivity contribution in [2.75, 3.05) is 6.61 Å². The van der Waals surface area contributed by atoms with Gasteiger partial charge >= 0.3 is 0 Å². The molecule has 2 rings (SSSR count). The Bertz CT molecular complexity index is 580. The number of aryl methyl sites for hydroxylation is 1. The minimum Gasteiger partial charge on any atom is -0.494 e. The third-order valence-electron chi connectivity index (χ3n) is 2.99. The molecule has 0 radical (unpaired) electrons. The van der Waals surface area contributed by atoms with Gasteiger partial charge in [-0.2, -0.15) is 0 Å². The smallest absolute Gasteiger partial charge is 0.222 e. The SMILES string of the molecule is CCOc1ccc(Oc2ncc(CC(C)N)cc2C)cc1. The monoisotopic (exact) mass is 286 g/mol. The summed E-state index contributed by atoms with van der Waals surface area (Å²) in [6.45, 7) is 6.59. The number of hydrogen-bond donors (Lipinski definition) is 1. The summed E-state index contributed by atoms with van der Waals surface area (Å²) in [4.78, 5) is 4.38. The number of ether oxygens (including phenoxy) is 2. The van der Waals surface area contributed by atoms with Gasteiger partial charge in [-0.05, 0) is 63.1 Å². The average molecular weight is 286 g/mol. The van der Waals surface area contributed by atoms with E-state index in [1.165, 1.54) is 0 Å². The third-order valence-corrected chi connectivity index (χ3v) is 2.99. The Hall–Kier alpha value is -2.07. The maximum absolute atomic E-state index is 5.80. The molecular weight excluding hydrogens is 264 g/mol. The molecule has 0 bridgehead atoms. The van der Waals surface area contributed by atoms with Gasteiger partial charge in [0.05, 0.1) is 6.61 Å². The van der Waals surface area contributed by atoms with Crippen LogP contribution in [0.2, 0.25) is 0 Å². The Balaban J connectivity index is 2.08. The van der Waals surface area contributed by atoms with Gasteiger partial charge in [-0.3, -0.25) is 0 Å². The van der Waals surface area contributed by atoms with Crippen LogP contribution in [0.5, 0.6) is 17.4 Å². The molecular formula is C17H22N2O2. The largest absolute Gasteiger partial charge is 0.494 e. The highest BCUT2D eigenvalue weighted by Crippen LogP contribution is 2.25. The van der Waals surface area contributed by atoms with Crippen LogP contribution in [0.4, 0.5) is 0 Å². The van der Waals surface area contributed by atoms with Gasteiger partial charge < -0.3 is 15.2 Å². The van der Waals surface area contributed by atoms with E-state index >= 15 is 0 Å². The number of pyridine rings is 1. The van der Waals surface area contributed by atoms with Crippen molar-refractivity contribution in [1.29, 1.82) is 0 Å². The molecule has 0 saturated carbocycles. The lowest BCUT2D eigenvalue weighted by atomic mass is 10.1. The van der Waals surface area contributed by atoms with E-state index in [1.54, 1.807) is 0 Å². The molecule has 2 N–H and O–H groups in total. The van der Waals surface area contributed by atoms with Crippen molar-refractivity contribution in [1.82, 2.24) is 4.98 Å². The van der Waals surface area contributed by atoms with Crippen molar-refractivity contribution < 1.29 is 9.47 Å². The number of nitrogens with two attached hydrogens (primary N) is 1. The van der Waals surface area contributed by atoms with Crippen LogP contribution in [-0.2, 0) is 6.42 Å². The molecule has 1 aromatic heterocycles. The van der Waals surface area contributed by atoms with Crippen LogP contribution < -0.4 is 15.2 Å². The van der Waals surface area contributed by atoms with E-state index in [2.05, 4.69) is 11.1 Å². The molecule has 21 heavy (non-hydrogen) atoms. The predicted molar refractivity (Wildman–Crippen MR) is 84.0 cm³/mol. The topological polar surface area (TPSA) is 57.4 Å². The summed E-state index contributed by atoms with van der Waals surface area (Å²) in [7, 11) is 0. The second kappa shape index (κ2) is 7.09. The lowest BCUT2D eigenvalue weighted by Crippen LogP contribution is -2.17. The van der Waals surface area contributed by atoms with Gasteiger partial charge in [-0.1, -0.05) is 0 Å². The summed E-state index contributed by atoms with van der Waals surface area (Å²) >= 11 is 0. The first-order valence-electron chi connectivity index (χ1n) is 7.20. The Morgan fingerprint density at radius 1 is 1.19 bits per heavy atom. The summed E-state index contributed by atoms with van der Waals surface area (Å²) in [6.07, 6.45) is 2.64. The summed E-state index contributed by atoms with van der Waals surface area (Å²) in [6, 6.07) is 9.73. The van der Waals surface area contributed by atoms with Crippen molar-refractivity contribution in [3.63, 3.8) is 0 Å². The van der Waals surface area contributed by atoms with E-state index in [9.17, 15) is 0 Å². The molecule has 1 atom stereocenters. The predicted octanol–water partition coefficient (Wildman–Crippen LogP) is 3.47. The maximum Gasteiger partial charge on any atom is 0.222 e. The molecule has 0 aliphatic heterocycles. The van der Waals surface area contributed by atoms with Gasteiger partial charge in [0.25, 0.3) is 0 Å². The van der Waals surface area contributed by atoms with Gasteiger partial charge in [-0.15, -0.1) is 0 Å². The Morgan fingerprint density at radius 3 is 2.43 bits per heavy atom. The highest BCUT2D eigenvalue weighted by atomic mass is 16.5. The summed E-state index contributed by atoms with van der Waals surface area (Å²) in [5, 5.41) is 0. The zero-order valence-electron chi connectivity index (χ0n) is 12.8. The van der Waals surface area contributed by atoms with Crippen LogP contribution in [-0.4, -0.2) is 17.6 Å². The van der Waals surface area contributed by atoms with E-state index in [4.69, 9.17) is 15.2 Å². The van der Waals surface area contributed by atoms with Gasteiger partial charge in [-0.25, -0.2) is 4.98 Å². The number of hydrogen-bond acceptors (Lipinski definition) is 4. The van der Waals surface area contributed by atoms with Crippen LogP contribution >= 0.6 is 0 Å². The Kier molecular flexibility index (Phi) is 5.17. The van der Waals surface area contributed by atoms with Gasteiger partial charge in [0.15, 0.2) is 0 Å². The molecule has 0 amide bonds. The molecule has 112 valence electrons. The molecule has 0 aliphatic carbocycles. The number of benzene rings is 1. The molecule has 0 spiro atoms. The minimum atomic E-state index is 0.129. The number of rotatable bonds is 6. The number of aromatic nitrogens is 1. The highest BCUT2D eigenvalue weighted by molar-refractivity contribution is 5.36. The molecule has 0 saturated heterocycles. The molecule has 4 nitrogen and oxygen atoms in total. The van der Waals surface area contributed by atoms with Crippen molar-refractivity contribution >= 4 is 0 Å². The van der Waals surface area contributed by atoms with Crippen LogP contribution in [0.25, 0.3) is 0 Å². The van der Waals surface area contributed by atoms with Crippen LogP contribution in [0.1, 0.15) is 25.0 Å². The summed E-state index contributed by atoms with van der Waals surface area (Å²) in [5.74, 6) is 2.20. The maximum atomic E-state index is 5.80. The van der Waals surface area contributed by atoms with E-state index < -0.39 is 0 Å². The first-order chi connectivity index (χ1) is 10.1. The van der Waals surface area contributed by atoms with Crippen molar-refractivity contribution in [3.05, 3.63) is 47.7 Å². The zero-order chi connectivity index (χ0) is 15.2. The molecule has 0 aliphatic rings. The Labute approximate surface area is 125 Å². The molecule has 4 heteroatoms. The Morgan fingerprint density at radius 2 is 1.86 bits per heavy atom. The minimum absolute atomic E-state index is 0.129. The standard InChI is InChI=1S/C17H22N2O2/c1-4-20-15-5-7-16(8-6-15)21-17-12(2)9-14(11-19-17)10-13(3)18/h5-9,11,13H,4,10,18H2,1-3H3. The summed E-state index contributed by atoms with van der Waals surface area (Å²) < 4.78 is 11.2. The fraction of sp³-hybridized carbons (Fsp3) is 0.353. The van der Waals surface area contributed by atoms with Crippen LogP contribution in [0.3, 0.4) is 0 Å². The van der Waals surface area contributed by atoms with Crippen LogP contribution in [0.15, 0.2) is 36.5 Å². The van der Waals surface area contributed by atoms with E-state index in [0.717, 1.165) is 29.0 Å². The van der Waals surface area contributed by atoms with E-state index in [-0.39, 0.29) is 6.04 Å². The van der Waals surface area contributed by atoms with Gasteiger partial charge in [0.2, 0.25) is 5.88 Å². The van der Waals surface area contributed by atoms with Gasteiger partial charge in [0, 0.05) is 17.8 Å². The van der Waals surface area contributed by atoms with Crippen molar-refractivity contribution in [3.8, 4) is 17.4 Å². The lowest BCUT2D eigenvalue weighted by Gasteiger charge is -2.11. The first kappa shape index (κ1) is 15.3. The third kappa shape index (κ3) is 4.46. The molecule has 1 heterocycles. The molecule has 0 fully saturated rings. The second-order valence-electron chi connectivity index (χ2n) is 5.15. The quantitative estimate of drug-likeness (QED) is 0.883. The zero-order valence-corrected chi connectivity index (χ0v) is 12.8. The lowest BCUT2D eigenvalue weighted by molar-refractivity contribution is 0.339. The average Bonchev–Trinajstić information content (AvgIpc) is 2.43. The fourth-order valence-corrected chi connectivity index (χ4v) is 2.09.